The number of nitrogens with zero attached hydrogens (tertiary/aromatic N) is 4. The van der Waals surface area contributed by atoms with E-state index in [0.717, 1.165) is 5.82 Å². The van der Waals surface area contributed by atoms with Gasteiger partial charge in [0.1, 0.15) is 5.82 Å². The van der Waals surface area contributed by atoms with Crippen LogP contribution in [0.2, 0.25) is 5.28 Å². The van der Waals surface area contributed by atoms with Gasteiger partial charge in [0.05, 0.1) is 25.3 Å². The number of carbonyl (C=O) groups is 2. The summed E-state index contributed by atoms with van der Waals surface area (Å²) in [4.78, 5) is 37.0. The zero-order chi connectivity index (χ0) is 18.1. The van der Waals surface area contributed by atoms with Crippen LogP contribution >= 0.6 is 11.6 Å². The quantitative estimate of drug-likeness (QED) is 0.612. The largest absolute Gasteiger partial charge is 0.465 e. The van der Waals surface area contributed by atoms with Gasteiger partial charge >= 0.3 is 11.9 Å². The van der Waals surface area contributed by atoms with Crippen molar-refractivity contribution in [1.29, 1.82) is 0 Å². The second-order valence-corrected chi connectivity index (χ2v) is 5.05. The van der Waals surface area contributed by atoms with E-state index in [1.54, 1.807) is 0 Å². The average Bonchev–Trinajstić information content (AvgIpc) is 2.61. The lowest BCUT2D eigenvalue weighted by atomic mass is 10.2. The second kappa shape index (κ2) is 9.51. The Morgan fingerprint density at radius 1 is 0.875 bits per heavy atom. The fraction of sp³-hybridized carbons (Fsp3) is 0.333. The van der Waals surface area contributed by atoms with Crippen LogP contribution in [-0.4, -0.2) is 46.1 Å². The molecule has 128 valence electrons. The number of rotatable bonds is 3. The van der Waals surface area contributed by atoms with Gasteiger partial charge < -0.3 is 9.47 Å². The zero-order valence-corrected chi connectivity index (χ0v) is 14.4. The Balaban J connectivity index is 0.000000243. The molecule has 0 aliphatic rings. The molecule has 0 aliphatic carbocycles. The summed E-state index contributed by atoms with van der Waals surface area (Å²) in [5, 5.41) is 0.109. The Bertz CT molecular complexity index is 675. The molecule has 0 bridgehead atoms. The van der Waals surface area contributed by atoms with E-state index >= 15 is 0 Å². The second-order valence-electron chi connectivity index (χ2n) is 4.71. The molecule has 0 atom stereocenters. The minimum absolute atomic E-state index is 0.109. The van der Waals surface area contributed by atoms with Crippen LogP contribution in [0.25, 0.3) is 0 Å². The van der Waals surface area contributed by atoms with Crippen LogP contribution in [0.15, 0.2) is 24.8 Å². The predicted molar refractivity (Wildman–Crippen MR) is 85.8 cm³/mol. The van der Waals surface area contributed by atoms with Gasteiger partial charge in [-0.3, -0.25) is 0 Å². The highest BCUT2D eigenvalue weighted by Gasteiger charge is 2.07. The zero-order valence-electron chi connectivity index (χ0n) is 13.7. The number of aromatic nitrogens is 4. The summed E-state index contributed by atoms with van der Waals surface area (Å²) in [5.74, 6) is 0.122. The maximum Gasteiger partial charge on any atom is 0.341 e. The van der Waals surface area contributed by atoms with Crippen molar-refractivity contribution < 1.29 is 19.1 Å². The molecule has 2 aromatic rings. The van der Waals surface area contributed by atoms with E-state index in [1.165, 1.54) is 39.0 Å². The molecule has 2 aromatic heterocycles. The molecular formula is C15H17ClN4O4. The molecule has 24 heavy (non-hydrogen) atoms. The van der Waals surface area contributed by atoms with Crippen molar-refractivity contribution in [2.75, 3.05) is 14.2 Å². The topological polar surface area (TPSA) is 104 Å². The summed E-state index contributed by atoms with van der Waals surface area (Å²) < 4.78 is 8.93. The molecule has 2 heterocycles. The van der Waals surface area contributed by atoms with E-state index in [2.05, 4.69) is 29.4 Å². The van der Waals surface area contributed by atoms with Crippen molar-refractivity contribution >= 4 is 23.5 Å². The SMILES string of the molecule is COC(=O)c1cnc(C(C)C)nc1.COC(=O)c1cnc(Cl)nc1. The molecule has 0 unspecified atom stereocenters. The third-order valence-electron chi connectivity index (χ3n) is 2.65. The van der Waals surface area contributed by atoms with E-state index in [-0.39, 0.29) is 16.8 Å². The lowest BCUT2D eigenvalue weighted by Crippen LogP contribution is -2.05. The Labute approximate surface area is 144 Å². The maximum absolute atomic E-state index is 11.0. The van der Waals surface area contributed by atoms with Gasteiger partial charge in [-0.05, 0) is 11.6 Å². The first kappa shape index (κ1) is 19.4. The summed E-state index contributed by atoms with van der Waals surface area (Å²) in [6.45, 7) is 3.99. The molecule has 9 heteroatoms. The van der Waals surface area contributed by atoms with E-state index in [4.69, 9.17) is 11.6 Å². The molecule has 0 amide bonds. The lowest BCUT2D eigenvalue weighted by molar-refractivity contribution is 0.0590. The summed E-state index contributed by atoms with van der Waals surface area (Å²) >= 11 is 5.39. The van der Waals surface area contributed by atoms with Gasteiger partial charge in [-0.25, -0.2) is 29.5 Å². The Morgan fingerprint density at radius 3 is 1.58 bits per heavy atom. The van der Waals surface area contributed by atoms with Crippen molar-refractivity contribution in [3.05, 3.63) is 47.0 Å². The minimum atomic E-state index is -0.471. The highest BCUT2D eigenvalue weighted by atomic mass is 35.5. The first-order valence-corrected chi connectivity index (χ1v) is 7.23. The molecule has 0 spiro atoms. The number of hydrogen-bond acceptors (Lipinski definition) is 8. The van der Waals surface area contributed by atoms with Crippen LogP contribution in [-0.2, 0) is 9.47 Å². The van der Waals surface area contributed by atoms with Crippen LogP contribution in [0.3, 0.4) is 0 Å². The summed E-state index contributed by atoms with van der Waals surface area (Å²) in [7, 11) is 2.62. The molecule has 8 nitrogen and oxygen atoms in total. The number of esters is 2. The molecule has 0 saturated carbocycles. The predicted octanol–water partition coefficient (Wildman–Crippen LogP) is 2.30. The third kappa shape index (κ3) is 5.88. The molecule has 0 fully saturated rings. The summed E-state index contributed by atoms with van der Waals surface area (Å²) in [5.41, 5.74) is 0.670. The highest BCUT2D eigenvalue weighted by molar-refractivity contribution is 6.28. The minimum Gasteiger partial charge on any atom is -0.465 e. The van der Waals surface area contributed by atoms with E-state index < -0.39 is 11.9 Å². The van der Waals surface area contributed by atoms with Crippen LogP contribution in [0, 0.1) is 0 Å². The molecule has 0 radical (unpaired) electrons. The number of ether oxygens (including phenoxy) is 2. The monoisotopic (exact) mass is 352 g/mol. The third-order valence-corrected chi connectivity index (χ3v) is 2.85. The summed E-state index contributed by atoms with van der Waals surface area (Å²) in [6, 6.07) is 0. The van der Waals surface area contributed by atoms with E-state index in [0.29, 0.717) is 5.56 Å². The van der Waals surface area contributed by atoms with Crippen molar-refractivity contribution in [1.82, 2.24) is 19.9 Å². The van der Waals surface area contributed by atoms with Gasteiger partial charge in [0.15, 0.2) is 0 Å². The molecular weight excluding hydrogens is 336 g/mol. The van der Waals surface area contributed by atoms with Crippen molar-refractivity contribution in [3.63, 3.8) is 0 Å². The van der Waals surface area contributed by atoms with Gasteiger partial charge in [0, 0.05) is 30.7 Å². The molecule has 0 aliphatic heterocycles. The Hall–Kier alpha value is -2.61. The van der Waals surface area contributed by atoms with Crippen LogP contribution < -0.4 is 0 Å². The van der Waals surface area contributed by atoms with E-state index in [1.807, 2.05) is 13.8 Å². The Morgan fingerprint density at radius 2 is 1.25 bits per heavy atom. The number of hydrogen-bond donors (Lipinski definition) is 0. The van der Waals surface area contributed by atoms with Gasteiger partial charge in [-0.15, -0.1) is 0 Å². The lowest BCUT2D eigenvalue weighted by Gasteiger charge is -2.02. The molecule has 0 N–H and O–H groups in total. The van der Waals surface area contributed by atoms with Crippen molar-refractivity contribution in [3.8, 4) is 0 Å². The van der Waals surface area contributed by atoms with Gasteiger partial charge in [-0.1, -0.05) is 13.8 Å². The normalized spacial score (nSPS) is 9.75. The first-order valence-electron chi connectivity index (χ1n) is 6.85. The van der Waals surface area contributed by atoms with Gasteiger partial charge in [0.2, 0.25) is 5.28 Å². The van der Waals surface area contributed by atoms with Crippen molar-refractivity contribution in [2.24, 2.45) is 0 Å². The highest BCUT2D eigenvalue weighted by Crippen LogP contribution is 2.08. The number of carbonyl (C=O) groups excluding carboxylic acids is 2. The summed E-state index contributed by atoms with van der Waals surface area (Å²) in [6.07, 6.45) is 5.57. The number of halogens is 1. The van der Waals surface area contributed by atoms with E-state index in [9.17, 15) is 9.59 Å². The average molecular weight is 353 g/mol. The molecule has 2 rings (SSSR count). The van der Waals surface area contributed by atoms with Gasteiger partial charge in [0.25, 0.3) is 0 Å². The smallest absolute Gasteiger partial charge is 0.341 e. The molecule has 0 aromatic carbocycles. The number of methoxy groups -OCH3 is 2. The van der Waals surface area contributed by atoms with Crippen LogP contribution in [0.4, 0.5) is 0 Å². The fourth-order valence-electron chi connectivity index (χ4n) is 1.39. The Kier molecular flexibility index (Phi) is 7.70. The standard InChI is InChI=1S/C9H12N2O2.C6H5ClN2O2/c1-6(2)8-10-4-7(5-11-8)9(12)13-3;1-11-5(10)4-2-8-6(7)9-3-4/h4-6H,1-3H3;2-3H,1H3. The fourth-order valence-corrected chi connectivity index (χ4v) is 1.49. The van der Waals surface area contributed by atoms with Crippen LogP contribution in [0.1, 0.15) is 46.3 Å². The van der Waals surface area contributed by atoms with Crippen LogP contribution in [0.5, 0.6) is 0 Å². The molecule has 0 saturated heterocycles. The first-order chi connectivity index (χ1) is 11.4. The van der Waals surface area contributed by atoms with Crippen molar-refractivity contribution in [2.45, 2.75) is 19.8 Å². The maximum atomic E-state index is 11.0. The van der Waals surface area contributed by atoms with Gasteiger partial charge in [-0.2, -0.15) is 0 Å².